The van der Waals surface area contributed by atoms with Gasteiger partial charge in [-0.3, -0.25) is 4.79 Å². The van der Waals surface area contributed by atoms with E-state index in [-0.39, 0.29) is 23.9 Å². The molecule has 0 aliphatic heterocycles. The first-order valence-corrected chi connectivity index (χ1v) is 5.64. The van der Waals surface area contributed by atoms with Crippen molar-refractivity contribution in [3.63, 3.8) is 0 Å². The Balaban J connectivity index is 4.37. The molecule has 84 valence electrons. The van der Waals surface area contributed by atoms with E-state index in [1.54, 1.807) is 0 Å². The summed E-state index contributed by atoms with van der Waals surface area (Å²) in [4.78, 5) is 11.2. The molecule has 1 unspecified atom stereocenters. The quantitative estimate of drug-likeness (QED) is 0.611. The summed E-state index contributed by atoms with van der Waals surface area (Å²) >= 11 is 3.21. The monoisotopic (exact) mass is 267 g/mol. The second-order valence-electron chi connectivity index (χ2n) is 3.32. The van der Waals surface area contributed by atoms with Crippen LogP contribution in [0.2, 0.25) is 0 Å². The van der Waals surface area contributed by atoms with Gasteiger partial charge in [0, 0.05) is 0 Å². The average molecular weight is 268 g/mol. The minimum atomic E-state index is -0.891. The number of alkyl halides is 1. The number of rotatable bonds is 6. The summed E-state index contributed by atoms with van der Waals surface area (Å²) in [5.41, 5.74) is -0.891. The van der Waals surface area contributed by atoms with Crippen LogP contribution < -0.4 is 5.32 Å². The Kier molecular flexibility index (Phi) is 6.31. The van der Waals surface area contributed by atoms with Crippen LogP contribution in [-0.2, 0) is 4.79 Å². The van der Waals surface area contributed by atoms with Crippen LogP contribution >= 0.6 is 15.9 Å². The van der Waals surface area contributed by atoms with E-state index in [1.807, 2.05) is 13.8 Å². The SMILES string of the molecule is CCC(Br)C(=O)NC(CC)(CO)CO. The average Bonchev–Trinajstić information content (AvgIpc) is 2.24. The summed E-state index contributed by atoms with van der Waals surface area (Å²) in [5, 5.41) is 20.8. The predicted octanol–water partition coefficient (Wildman–Crippen LogP) is 0.409. The predicted molar refractivity (Wildman–Crippen MR) is 58.3 cm³/mol. The maximum absolute atomic E-state index is 11.5. The molecule has 0 bridgehead atoms. The summed E-state index contributed by atoms with van der Waals surface area (Å²) in [6.07, 6.45) is 1.16. The van der Waals surface area contributed by atoms with Crippen molar-refractivity contribution in [2.24, 2.45) is 0 Å². The fourth-order valence-electron chi connectivity index (χ4n) is 0.966. The zero-order valence-corrected chi connectivity index (χ0v) is 10.2. The van der Waals surface area contributed by atoms with Gasteiger partial charge in [0.2, 0.25) is 5.91 Å². The van der Waals surface area contributed by atoms with Crippen LogP contribution in [0.3, 0.4) is 0 Å². The highest BCUT2D eigenvalue weighted by atomic mass is 79.9. The third-order valence-electron chi connectivity index (χ3n) is 2.31. The molecule has 4 nitrogen and oxygen atoms in total. The van der Waals surface area contributed by atoms with Crippen LogP contribution in [-0.4, -0.2) is 39.7 Å². The van der Waals surface area contributed by atoms with Crippen LogP contribution in [0.25, 0.3) is 0 Å². The molecule has 0 aromatic heterocycles. The van der Waals surface area contributed by atoms with E-state index in [0.717, 1.165) is 0 Å². The standard InChI is InChI=1S/C9H18BrNO3/c1-3-7(10)8(14)11-9(4-2,5-12)6-13/h7,12-13H,3-6H2,1-2H3,(H,11,14). The fourth-order valence-corrected chi connectivity index (χ4v) is 1.08. The second-order valence-corrected chi connectivity index (χ2v) is 4.42. The molecule has 0 aromatic carbocycles. The zero-order valence-electron chi connectivity index (χ0n) is 8.59. The minimum absolute atomic E-state index is 0.197. The molecule has 0 aliphatic rings. The van der Waals surface area contributed by atoms with E-state index in [2.05, 4.69) is 21.2 Å². The highest BCUT2D eigenvalue weighted by molar-refractivity contribution is 9.10. The lowest BCUT2D eigenvalue weighted by molar-refractivity contribution is -0.123. The summed E-state index contributed by atoms with van der Waals surface area (Å²) in [5.74, 6) is -0.197. The fraction of sp³-hybridized carbons (Fsp3) is 0.889. The molecule has 0 saturated heterocycles. The number of aliphatic hydroxyl groups is 2. The molecule has 0 heterocycles. The van der Waals surface area contributed by atoms with Gasteiger partial charge in [-0.25, -0.2) is 0 Å². The van der Waals surface area contributed by atoms with Gasteiger partial charge in [0.05, 0.1) is 23.6 Å². The number of aliphatic hydroxyl groups excluding tert-OH is 2. The van der Waals surface area contributed by atoms with Gasteiger partial charge in [0.1, 0.15) is 0 Å². The summed E-state index contributed by atoms with van der Waals surface area (Å²) < 4.78 is 0. The number of carbonyl (C=O) groups excluding carboxylic acids is 1. The molecular weight excluding hydrogens is 250 g/mol. The number of nitrogens with one attached hydrogen (secondary N) is 1. The van der Waals surface area contributed by atoms with E-state index in [9.17, 15) is 4.79 Å². The molecule has 1 atom stereocenters. The molecular formula is C9H18BrNO3. The third-order valence-corrected chi connectivity index (χ3v) is 3.38. The summed E-state index contributed by atoms with van der Waals surface area (Å²) in [7, 11) is 0. The van der Waals surface area contributed by atoms with Crippen molar-refractivity contribution >= 4 is 21.8 Å². The Labute approximate surface area is 92.8 Å². The maximum atomic E-state index is 11.5. The number of amides is 1. The van der Waals surface area contributed by atoms with Gasteiger partial charge in [-0.2, -0.15) is 0 Å². The maximum Gasteiger partial charge on any atom is 0.234 e. The molecule has 0 aliphatic carbocycles. The number of carbonyl (C=O) groups is 1. The first kappa shape index (κ1) is 13.9. The van der Waals surface area contributed by atoms with E-state index in [1.165, 1.54) is 0 Å². The summed E-state index contributed by atoms with van der Waals surface area (Å²) in [6, 6.07) is 0. The molecule has 0 saturated carbocycles. The van der Waals surface area contributed by atoms with Crippen molar-refractivity contribution in [2.75, 3.05) is 13.2 Å². The van der Waals surface area contributed by atoms with Gasteiger partial charge in [0.15, 0.2) is 0 Å². The highest BCUT2D eigenvalue weighted by Gasteiger charge is 2.30. The van der Waals surface area contributed by atoms with Crippen molar-refractivity contribution in [3.05, 3.63) is 0 Å². The number of halogens is 1. The van der Waals surface area contributed by atoms with E-state index in [4.69, 9.17) is 10.2 Å². The highest BCUT2D eigenvalue weighted by Crippen LogP contribution is 2.11. The van der Waals surface area contributed by atoms with Crippen LogP contribution in [0.5, 0.6) is 0 Å². The van der Waals surface area contributed by atoms with Crippen molar-refractivity contribution in [1.82, 2.24) is 5.32 Å². The first-order chi connectivity index (χ1) is 6.55. The van der Waals surface area contributed by atoms with Gasteiger partial charge in [-0.1, -0.05) is 29.8 Å². The molecule has 1 amide bonds. The second kappa shape index (κ2) is 6.37. The lowest BCUT2D eigenvalue weighted by Gasteiger charge is -2.30. The Bertz CT molecular complexity index is 175. The normalized spacial score (nSPS) is 13.8. The molecule has 0 aromatic rings. The zero-order chi connectivity index (χ0) is 11.2. The molecule has 0 rings (SSSR count). The molecule has 0 spiro atoms. The van der Waals surface area contributed by atoms with Gasteiger partial charge < -0.3 is 15.5 Å². The Morgan fingerprint density at radius 1 is 1.43 bits per heavy atom. The smallest absolute Gasteiger partial charge is 0.234 e. The van der Waals surface area contributed by atoms with Crippen LogP contribution in [0, 0.1) is 0 Å². The summed E-state index contributed by atoms with van der Waals surface area (Å²) in [6.45, 7) is 3.18. The van der Waals surface area contributed by atoms with Crippen molar-refractivity contribution in [1.29, 1.82) is 0 Å². The number of hydrogen-bond acceptors (Lipinski definition) is 3. The molecule has 5 heteroatoms. The van der Waals surface area contributed by atoms with Crippen molar-refractivity contribution < 1.29 is 15.0 Å². The van der Waals surface area contributed by atoms with E-state index < -0.39 is 5.54 Å². The Morgan fingerprint density at radius 2 is 1.93 bits per heavy atom. The van der Waals surface area contributed by atoms with Gasteiger partial charge >= 0.3 is 0 Å². The lowest BCUT2D eigenvalue weighted by atomic mass is 9.98. The number of hydrogen-bond donors (Lipinski definition) is 3. The molecule has 3 N–H and O–H groups in total. The van der Waals surface area contributed by atoms with Crippen LogP contribution in [0.1, 0.15) is 26.7 Å². The molecule has 14 heavy (non-hydrogen) atoms. The van der Waals surface area contributed by atoms with Gasteiger partial charge in [0.25, 0.3) is 0 Å². The van der Waals surface area contributed by atoms with Gasteiger partial charge in [-0.15, -0.1) is 0 Å². The van der Waals surface area contributed by atoms with Crippen molar-refractivity contribution in [3.8, 4) is 0 Å². The topological polar surface area (TPSA) is 69.6 Å². The molecule has 0 radical (unpaired) electrons. The van der Waals surface area contributed by atoms with E-state index >= 15 is 0 Å². The minimum Gasteiger partial charge on any atom is -0.394 e. The van der Waals surface area contributed by atoms with Gasteiger partial charge in [-0.05, 0) is 12.8 Å². The van der Waals surface area contributed by atoms with Crippen LogP contribution in [0.4, 0.5) is 0 Å². The molecule has 0 fully saturated rings. The van der Waals surface area contributed by atoms with Crippen LogP contribution in [0.15, 0.2) is 0 Å². The Hall–Kier alpha value is -0.130. The third kappa shape index (κ3) is 3.55. The first-order valence-electron chi connectivity index (χ1n) is 4.73. The van der Waals surface area contributed by atoms with Crippen molar-refractivity contribution in [2.45, 2.75) is 37.1 Å². The Morgan fingerprint density at radius 3 is 2.21 bits per heavy atom. The lowest BCUT2D eigenvalue weighted by Crippen LogP contribution is -2.55. The largest absolute Gasteiger partial charge is 0.394 e. The van der Waals surface area contributed by atoms with E-state index in [0.29, 0.717) is 12.8 Å².